The van der Waals surface area contributed by atoms with Crippen LogP contribution in [0.3, 0.4) is 0 Å². The smallest absolute Gasteiger partial charge is 0.347 e. The highest BCUT2D eigenvalue weighted by Gasteiger charge is 2.20. The van der Waals surface area contributed by atoms with E-state index in [1.54, 1.807) is 12.1 Å². The fraction of sp³-hybridized carbons (Fsp3) is 0.556. The summed E-state index contributed by atoms with van der Waals surface area (Å²) in [6.07, 6.45) is 5.74. The number of hydrogen-bond donors (Lipinski definition) is 1. The molecule has 1 N–H and O–H groups in total. The van der Waals surface area contributed by atoms with Crippen LogP contribution in [-0.2, 0) is 14.3 Å². The molecule has 1 atom stereocenters. The van der Waals surface area contributed by atoms with Gasteiger partial charge in [-0.1, -0.05) is 48.9 Å². The third-order valence-electron chi connectivity index (χ3n) is 4.10. The van der Waals surface area contributed by atoms with E-state index in [1.165, 1.54) is 25.8 Å². The van der Waals surface area contributed by atoms with Gasteiger partial charge in [-0.15, -0.1) is 0 Å². The summed E-state index contributed by atoms with van der Waals surface area (Å²) in [7, 11) is 0. The predicted molar refractivity (Wildman–Crippen MR) is 97.1 cm³/mol. The molecule has 0 bridgehead atoms. The second-order valence-corrected chi connectivity index (χ2v) is 7.04. The van der Waals surface area contributed by atoms with E-state index < -0.39 is 12.1 Å². The van der Waals surface area contributed by atoms with E-state index in [9.17, 15) is 9.59 Å². The highest BCUT2D eigenvalue weighted by Crippen LogP contribution is 2.28. The van der Waals surface area contributed by atoms with Gasteiger partial charge in [0.15, 0.2) is 12.7 Å². The molecule has 0 unspecified atom stereocenters. The zero-order valence-electron chi connectivity index (χ0n) is 14.2. The van der Waals surface area contributed by atoms with Crippen molar-refractivity contribution in [2.45, 2.75) is 57.6 Å². The predicted octanol–water partition coefficient (Wildman–Crippen LogP) is 4.14. The van der Waals surface area contributed by atoms with Crippen molar-refractivity contribution < 1.29 is 19.1 Å². The van der Waals surface area contributed by atoms with Crippen LogP contribution < -0.4 is 10.1 Å². The average Bonchev–Trinajstić information content (AvgIpc) is 2.83. The Balaban J connectivity index is 1.75. The average molecular weight is 388 g/mol. The van der Waals surface area contributed by atoms with Gasteiger partial charge in [0.05, 0.1) is 5.02 Å². The second kappa shape index (κ2) is 9.88. The molecule has 2 rings (SSSR count). The maximum atomic E-state index is 12.0. The molecular weight excluding hydrogens is 365 g/mol. The molecule has 1 aromatic carbocycles. The molecule has 1 aromatic rings. The minimum absolute atomic E-state index is 0.176. The first-order valence-corrected chi connectivity index (χ1v) is 9.29. The number of benzene rings is 1. The first-order valence-electron chi connectivity index (χ1n) is 8.53. The van der Waals surface area contributed by atoms with Gasteiger partial charge < -0.3 is 14.8 Å². The van der Waals surface area contributed by atoms with Gasteiger partial charge in [0.25, 0.3) is 5.91 Å². The molecule has 1 saturated carbocycles. The zero-order chi connectivity index (χ0) is 18.2. The van der Waals surface area contributed by atoms with E-state index in [4.69, 9.17) is 32.7 Å². The van der Waals surface area contributed by atoms with Gasteiger partial charge in [0.2, 0.25) is 0 Å². The van der Waals surface area contributed by atoms with Gasteiger partial charge in [0.1, 0.15) is 5.75 Å². The molecule has 7 heteroatoms. The minimum Gasteiger partial charge on any atom is -0.477 e. The Morgan fingerprint density at radius 3 is 2.52 bits per heavy atom. The van der Waals surface area contributed by atoms with Crippen LogP contribution in [0.15, 0.2) is 18.2 Å². The van der Waals surface area contributed by atoms with Crippen molar-refractivity contribution in [2.75, 3.05) is 6.61 Å². The maximum absolute atomic E-state index is 12.0. The summed E-state index contributed by atoms with van der Waals surface area (Å²) >= 11 is 11.8. The molecule has 1 aliphatic carbocycles. The van der Waals surface area contributed by atoms with Crippen molar-refractivity contribution in [3.05, 3.63) is 28.2 Å². The van der Waals surface area contributed by atoms with E-state index >= 15 is 0 Å². The van der Waals surface area contributed by atoms with Crippen LogP contribution in [0.1, 0.15) is 45.4 Å². The summed E-state index contributed by atoms with van der Waals surface area (Å²) in [5, 5.41) is 3.70. The lowest BCUT2D eigenvalue weighted by atomic mass is 10.1. The third kappa shape index (κ3) is 6.75. The van der Waals surface area contributed by atoms with Crippen molar-refractivity contribution in [1.29, 1.82) is 0 Å². The Labute approximate surface area is 158 Å². The Morgan fingerprint density at radius 2 is 1.88 bits per heavy atom. The van der Waals surface area contributed by atoms with E-state index in [0.717, 1.165) is 25.7 Å². The Hall–Kier alpha value is -1.46. The van der Waals surface area contributed by atoms with Gasteiger partial charge >= 0.3 is 5.97 Å². The van der Waals surface area contributed by atoms with Crippen LogP contribution in [0.4, 0.5) is 0 Å². The van der Waals surface area contributed by atoms with E-state index in [-0.39, 0.29) is 18.6 Å². The van der Waals surface area contributed by atoms with Crippen molar-refractivity contribution in [2.24, 2.45) is 0 Å². The molecule has 0 spiro atoms. The Bertz CT molecular complexity index is 601. The number of amides is 1. The molecule has 0 aliphatic heterocycles. The number of ether oxygens (including phenoxy) is 2. The molecule has 1 amide bonds. The van der Waals surface area contributed by atoms with E-state index in [2.05, 4.69) is 5.32 Å². The molecular formula is C18H23Cl2NO4. The number of rotatable bonds is 6. The molecule has 25 heavy (non-hydrogen) atoms. The highest BCUT2D eigenvalue weighted by atomic mass is 35.5. The van der Waals surface area contributed by atoms with Crippen LogP contribution in [-0.4, -0.2) is 30.6 Å². The quantitative estimate of drug-likeness (QED) is 0.588. The van der Waals surface area contributed by atoms with Crippen molar-refractivity contribution >= 4 is 35.1 Å². The van der Waals surface area contributed by atoms with Crippen LogP contribution >= 0.6 is 23.2 Å². The van der Waals surface area contributed by atoms with Gasteiger partial charge in [0, 0.05) is 11.1 Å². The summed E-state index contributed by atoms with van der Waals surface area (Å²) in [5.74, 6) is -0.572. The Kier molecular flexibility index (Phi) is 7.85. The van der Waals surface area contributed by atoms with Gasteiger partial charge in [-0.25, -0.2) is 4.79 Å². The van der Waals surface area contributed by atoms with Crippen molar-refractivity contribution in [3.8, 4) is 5.75 Å². The number of halogens is 2. The van der Waals surface area contributed by atoms with Crippen molar-refractivity contribution in [3.63, 3.8) is 0 Å². The number of carbonyl (C=O) groups excluding carboxylic acids is 2. The molecule has 0 radical (unpaired) electrons. The van der Waals surface area contributed by atoms with Gasteiger partial charge in [-0.2, -0.15) is 0 Å². The fourth-order valence-electron chi connectivity index (χ4n) is 2.76. The topological polar surface area (TPSA) is 64.6 Å². The third-order valence-corrected chi connectivity index (χ3v) is 4.63. The SMILES string of the molecule is C[C@@H](Oc1ccc(Cl)cc1Cl)C(=O)OCC(=O)NC1CCCCCC1. The molecule has 1 fully saturated rings. The maximum Gasteiger partial charge on any atom is 0.347 e. The normalized spacial score (nSPS) is 16.6. The summed E-state index contributed by atoms with van der Waals surface area (Å²) in [6.45, 7) is 1.23. The molecule has 138 valence electrons. The van der Waals surface area contributed by atoms with E-state index in [1.807, 2.05) is 0 Å². The summed E-state index contributed by atoms with van der Waals surface area (Å²) in [4.78, 5) is 23.9. The minimum atomic E-state index is -0.885. The molecule has 0 saturated heterocycles. The first kappa shape index (κ1) is 19.9. The molecule has 5 nitrogen and oxygen atoms in total. The molecule has 0 aromatic heterocycles. The van der Waals surface area contributed by atoms with Crippen LogP contribution in [0, 0.1) is 0 Å². The van der Waals surface area contributed by atoms with Crippen LogP contribution in [0.5, 0.6) is 5.75 Å². The number of esters is 1. The summed E-state index contributed by atoms with van der Waals surface area (Å²) < 4.78 is 10.5. The largest absolute Gasteiger partial charge is 0.477 e. The monoisotopic (exact) mass is 387 g/mol. The van der Waals surface area contributed by atoms with Gasteiger partial charge in [-0.3, -0.25) is 4.79 Å². The standard InChI is InChI=1S/C18H23Cl2NO4/c1-12(25-16-9-8-13(19)10-15(16)20)18(23)24-11-17(22)21-14-6-4-2-3-5-7-14/h8-10,12,14H,2-7,11H2,1H3,(H,21,22)/t12-/m1/s1. The lowest BCUT2D eigenvalue weighted by Crippen LogP contribution is -2.38. The summed E-state index contributed by atoms with van der Waals surface area (Å²) in [5.41, 5.74) is 0. The lowest BCUT2D eigenvalue weighted by molar-refractivity contribution is -0.154. The Morgan fingerprint density at radius 1 is 1.20 bits per heavy atom. The molecule has 0 heterocycles. The fourth-order valence-corrected chi connectivity index (χ4v) is 3.21. The first-order chi connectivity index (χ1) is 12.0. The van der Waals surface area contributed by atoms with Gasteiger partial charge in [-0.05, 0) is 38.0 Å². The van der Waals surface area contributed by atoms with E-state index in [0.29, 0.717) is 15.8 Å². The van der Waals surface area contributed by atoms with Crippen molar-refractivity contribution in [1.82, 2.24) is 5.32 Å². The lowest BCUT2D eigenvalue weighted by Gasteiger charge is -2.17. The van der Waals surface area contributed by atoms with Crippen LogP contribution in [0.2, 0.25) is 10.0 Å². The molecule has 1 aliphatic rings. The highest BCUT2D eigenvalue weighted by molar-refractivity contribution is 6.35. The summed E-state index contributed by atoms with van der Waals surface area (Å²) in [6, 6.07) is 4.89. The van der Waals surface area contributed by atoms with Crippen LogP contribution in [0.25, 0.3) is 0 Å². The number of carbonyl (C=O) groups is 2. The second-order valence-electron chi connectivity index (χ2n) is 6.20. The zero-order valence-corrected chi connectivity index (χ0v) is 15.7. The number of nitrogens with one attached hydrogen (secondary N) is 1. The number of hydrogen-bond acceptors (Lipinski definition) is 4.